The predicted octanol–water partition coefficient (Wildman–Crippen LogP) is 2.62. The molecule has 0 aromatic heterocycles. The Kier molecular flexibility index (Phi) is 8.37. The molecule has 1 aliphatic rings. The average Bonchev–Trinajstić information content (AvgIpc) is 2.54. The minimum atomic E-state index is -4.63. The first kappa shape index (κ1) is 23.5. The molecule has 1 unspecified atom stereocenters. The normalized spacial score (nSPS) is 17.1. The van der Waals surface area contributed by atoms with Crippen molar-refractivity contribution < 1.29 is 31.1 Å². The quantitative estimate of drug-likeness (QED) is 0.721. The van der Waals surface area contributed by atoms with E-state index in [4.69, 9.17) is 0 Å². The summed E-state index contributed by atoms with van der Waals surface area (Å²) in [7, 11) is 0. The Morgan fingerprint density at radius 1 is 1.11 bits per heavy atom. The van der Waals surface area contributed by atoms with Crippen LogP contribution in [0.2, 0.25) is 0 Å². The molecule has 1 heterocycles. The summed E-state index contributed by atoms with van der Waals surface area (Å²) in [6.07, 6.45) is -9.82. The van der Waals surface area contributed by atoms with Crippen LogP contribution in [-0.2, 0) is 17.4 Å². The lowest BCUT2D eigenvalue weighted by atomic mass is 10.0. The summed E-state index contributed by atoms with van der Waals surface area (Å²) in [5.74, 6) is -0.883. The van der Waals surface area contributed by atoms with Crippen LogP contribution in [0.3, 0.4) is 0 Å². The molecule has 0 radical (unpaired) electrons. The zero-order valence-electron chi connectivity index (χ0n) is 14.2. The second-order valence-electron chi connectivity index (χ2n) is 5.98. The number of carbonyl (C=O) groups excluding carboxylic acids is 1. The van der Waals surface area contributed by atoms with Crippen LogP contribution in [0, 0.1) is 0 Å². The number of rotatable bonds is 5. The van der Waals surface area contributed by atoms with Gasteiger partial charge in [-0.1, -0.05) is 18.2 Å². The van der Waals surface area contributed by atoms with Crippen LogP contribution in [0.1, 0.15) is 11.1 Å². The summed E-state index contributed by atoms with van der Waals surface area (Å²) >= 11 is 0. The molecule has 0 aliphatic carbocycles. The lowest BCUT2D eigenvalue weighted by Crippen LogP contribution is -2.57. The fraction of sp³-hybridized carbons (Fsp3) is 0.562. The van der Waals surface area contributed by atoms with E-state index in [1.165, 1.54) is 17.0 Å². The molecule has 1 atom stereocenters. The van der Waals surface area contributed by atoms with E-state index >= 15 is 0 Å². The molecule has 1 aromatic rings. The Balaban J connectivity index is 0.00000364. The van der Waals surface area contributed by atoms with Crippen molar-refractivity contribution in [3.05, 3.63) is 35.4 Å². The van der Waals surface area contributed by atoms with Crippen molar-refractivity contribution in [1.82, 2.24) is 15.5 Å². The van der Waals surface area contributed by atoms with Gasteiger partial charge in [0.2, 0.25) is 5.91 Å². The number of alkyl halides is 6. The maximum atomic E-state index is 13.2. The first-order chi connectivity index (χ1) is 12.1. The van der Waals surface area contributed by atoms with Crippen LogP contribution in [0.4, 0.5) is 26.3 Å². The molecule has 1 fully saturated rings. The Morgan fingerprint density at radius 3 is 2.26 bits per heavy atom. The first-order valence-electron chi connectivity index (χ1n) is 8.02. The van der Waals surface area contributed by atoms with Gasteiger partial charge in [0, 0.05) is 32.7 Å². The molecule has 11 heteroatoms. The molecule has 2 N–H and O–H groups in total. The molecule has 2 rings (SSSR count). The Labute approximate surface area is 158 Å². The van der Waals surface area contributed by atoms with Crippen molar-refractivity contribution in [2.24, 2.45) is 0 Å². The van der Waals surface area contributed by atoms with Crippen LogP contribution in [-0.4, -0.2) is 55.7 Å². The number of carbonyl (C=O) groups is 1. The third kappa shape index (κ3) is 6.86. The van der Waals surface area contributed by atoms with Crippen LogP contribution in [0.25, 0.3) is 0 Å². The molecule has 154 valence electrons. The van der Waals surface area contributed by atoms with Crippen molar-refractivity contribution in [3.8, 4) is 0 Å². The van der Waals surface area contributed by atoms with E-state index in [1.54, 1.807) is 0 Å². The van der Waals surface area contributed by atoms with Gasteiger partial charge in [-0.15, -0.1) is 12.4 Å². The summed E-state index contributed by atoms with van der Waals surface area (Å²) in [5, 5.41) is 5.06. The lowest BCUT2D eigenvalue weighted by molar-refractivity contribution is -0.184. The van der Waals surface area contributed by atoms with Crippen LogP contribution in [0.15, 0.2) is 24.3 Å². The molecule has 27 heavy (non-hydrogen) atoms. The summed E-state index contributed by atoms with van der Waals surface area (Å²) in [5.41, 5.74) is -1.24. The van der Waals surface area contributed by atoms with E-state index in [1.807, 2.05) is 0 Å². The Morgan fingerprint density at radius 2 is 1.70 bits per heavy atom. The zero-order chi connectivity index (χ0) is 19.4. The summed E-state index contributed by atoms with van der Waals surface area (Å²) in [4.78, 5) is 13.1. The molecule has 0 saturated carbocycles. The summed E-state index contributed by atoms with van der Waals surface area (Å²) in [6, 6.07) is 2.64. The number of nitrogens with zero attached hydrogens (tertiary/aromatic N) is 1. The van der Waals surface area contributed by atoms with Crippen molar-refractivity contribution in [2.45, 2.75) is 24.8 Å². The van der Waals surface area contributed by atoms with Gasteiger partial charge in [0.1, 0.15) is 6.04 Å². The zero-order valence-corrected chi connectivity index (χ0v) is 15.0. The number of amides is 1. The van der Waals surface area contributed by atoms with Gasteiger partial charge < -0.3 is 10.6 Å². The highest BCUT2D eigenvalue weighted by Gasteiger charge is 2.43. The molecule has 1 saturated heterocycles. The topological polar surface area (TPSA) is 44.4 Å². The van der Waals surface area contributed by atoms with Crippen molar-refractivity contribution in [3.63, 3.8) is 0 Å². The number of piperazine rings is 1. The standard InChI is InChI=1S/C16H19F6N3O.ClH/c17-15(18,19)12-4-2-1-3-11(12)9-14(26)24-10-13(16(20,21)22)25-7-5-23-6-8-25;/h1-4,13,23H,5-10H2,(H,24,26);1H. The fourth-order valence-corrected chi connectivity index (χ4v) is 2.84. The van der Waals surface area contributed by atoms with E-state index in [0.717, 1.165) is 12.1 Å². The lowest BCUT2D eigenvalue weighted by Gasteiger charge is -2.35. The van der Waals surface area contributed by atoms with Crippen molar-refractivity contribution >= 4 is 18.3 Å². The smallest absolute Gasteiger partial charge is 0.354 e. The molecule has 4 nitrogen and oxygen atoms in total. The van der Waals surface area contributed by atoms with Crippen molar-refractivity contribution in [1.29, 1.82) is 0 Å². The van der Waals surface area contributed by atoms with Crippen molar-refractivity contribution in [2.75, 3.05) is 32.7 Å². The summed E-state index contributed by atoms with van der Waals surface area (Å²) in [6.45, 7) is 0.462. The van der Waals surface area contributed by atoms with Gasteiger partial charge in [0.15, 0.2) is 0 Å². The van der Waals surface area contributed by atoms with Crippen LogP contribution >= 0.6 is 12.4 Å². The number of hydrogen-bond donors (Lipinski definition) is 2. The number of benzene rings is 1. The molecule has 1 amide bonds. The third-order valence-corrected chi connectivity index (χ3v) is 4.14. The molecular formula is C16H20ClF6N3O. The third-order valence-electron chi connectivity index (χ3n) is 4.14. The molecular weight excluding hydrogens is 400 g/mol. The van der Waals surface area contributed by atoms with Gasteiger partial charge in [0.25, 0.3) is 0 Å². The Hall–Kier alpha value is -1.52. The van der Waals surface area contributed by atoms with E-state index in [9.17, 15) is 31.1 Å². The minimum Gasteiger partial charge on any atom is -0.354 e. The van der Waals surface area contributed by atoms with Gasteiger partial charge in [0.05, 0.1) is 12.0 Å². The Bertz CT molecular complexity index is 617. The van der Waals surface area contributed by atoms with E-state index in [-0.39, 0.29) is 31.1 Å². The van der Waals surface area contributed by atoms with Gasteiger partial charge in [-0.2, -0.15) is 26.3 Å². The molecule has 1 aromatic carbocycles. The van der Waals surface area contributed by atoms with Gasteiger partial charge in [-0.3, -0.25) is 9.69 Å². The van der Waals surface area contributed by atoms with E-state index in [0.29, 0.717) is 13.1 Å². The second kappa shape index (κ2) is 9.61. The number of hydrogen-bond acceptors (Lipinski definition) is 3. The van der Waals surface area contributed by atoms with Gasteiger partial charge in [-0.25, -0.2) is 0 Å². The van der Waals surface area contributed by atoms with Gasteiger partial charge in [-0.05, 0) is 11.6 Å². The maximum absolute atomic E-state index is 13.2. The molecule has 0 bridgehead atoms. The highest BCUT2D eigenvalue weighted by atomic mass is 35.5. The largest absolute Gasteiger partial charge is 0.416 e. The molecule has 1 aliphatic heterocycles. The predicted molar refractivity (Wildman–Crippen MR) is 89.7 cm³/mol. The maximum Gasteiger partial charge on any atom is 0.416 e. The number of halogens is 7. The minimum absolute atomic E-state index is 0. The van der Waals surface area contributed by atoms with Crippen LogP contribution in [0.5, 0.6) is 0 Å². The van der Waals surface area contributed by atoms with E-state index < -0.39 is 42.8 Å². The highest BCUT2D eigenvalue weighted by Crippen LogP contribution is 2.32. The first-order valence-corrected chi connectivity index (χ1v) is 8.02. The molecule has 0 spiro atoms. The van der Waals surface area contributed by atoms with Gasteiger partial charge >= 0.3 is 12.4 Å². The monoisotopic (exact) mass is 419 g/mol. The SMILES string of the molecule is Cl.O=C(Cc1ccccc1C(F)(F)F)NCC(N1CCNCC1)C(F)(F)F. The number of nitrogens with one attached hydrogen (secondary N) is 2. The summed E-state index contributed by atoms with van der Waals surface area (Å²) < 4.78 is 78.5. The highest BCUT2D eigenvalue weighted by molar-refractivity contribution is 5.85. The average molecular weight is 420 g/mol. The second-order valence-corrected chi connectivity index (χ2v) is 5.98. The fourth-order valence-electron chi connectivity index (χ4n) is 2.84. The van der Waals surface area contributed by atoms with Crippen LogP contribution < -0.4 is 10.6 Å². The van der Waals surface area contributed by atoms with E-state index in [2.05, 4.69) is 10.6 Å².